The van der Waals surface area contributed by atoms with Gasteiger partial charge in [-0.05, 0) is 48.1 Å². The number of hydrogen-bond donors (Lipinski definition) is 2. The molecule has 0 saturated carbocycles. The molecule has 20 heavy (non-hydrogen) atoms. The first-order valence-electron chi connectivity index (χ1n) is 6.81. The molecular weight excluding hydrogens is 274 g/mol. The number of hydrogen-bond acceptors (Lipinski definition) is 3. The topological polar surface area (TPSA) is 66.4 Å². The van der Waals surface area contributed by atoms with E-state index in [0.717, 1.165) is 11.5 Å². The normalized spacial score (nSPS) is 14.6. The maximum absolute atomic E-state index is 10.9. The molecule has 1 aromatic carbocycles. The van der Waals surface area contributed by atoms with Crippen LogP contribution in [0.3, 0.4) is 0 Å². The van der Waals surface area contributed by atoms with Crippen LogP contribution in [0.15, 0.2) is 18.2 Å². The van der Waals surface area contributed by atoms with E-state index in [1.54, 1.807) is 11.8 Å². The number of carbonyl (C=O) groups is 2. The molecule has 0 aromatic heterocycles. The van der Waals surface area contributed by atoms with E-state index >= 15 is 0 Å². The summed E-state index contributed by atoms with van der Waals surface area (Å²) in [5.41, 5.74) is 4.24. The van der Waals surface area contributed by atoms with Gasteiger partial charge in [-0.3, -0.25) is 4.79 Å². The number of thioether (sulfide) groups is 1. The summed E-state index contributed by atoms with van der Waals surface area (Å²) in [5.74, 6) is 0.630. The van der Waals surface area contributed by atoms with Gasteiger partial charge in [0.2, 0.25) is 6.41 Å². The summed E-state index contributed by atoms with van der Waals surface area (Å²) in [6.45, 7) is 0. The minimum atomic E-state index is -0.977. The molecule has 0 spiro atoms. The number of aliphatic carboxylic acids is 1. The molecule has 2 rings (SSSR count). The molecule has 0 radical (unpaired) electrons. The fourth-order valence-electron chi connectivity index (χ4n) is 2.47. The lowest BCUT2D eigenvalue weighted by molar-refractivity contribution is -0.140. The molecule has 0 bridgehead atoms. The van der Waals surface area contributed by atoms with Gasteiger partial charge in [-0.2, -0.15) is 11.8 Å². The number of fused-ring (bicyclic) bond motifs is 1. The highest BCUT2D eigenvalue weighted by atomic mass is 32.2. The number of benzene rings is 1. The van der Waals surface area contributed by atoms with Crippen LogP contribution in [-0.4, -0.2) is 29.3 Å². The lowest BCUT2D eigenvalue weighted by Gasteiger charge is -2.10. The van der Waals surface area contributed by atoms with E-state index in [1.165, 1.54) is 36.0 Å². The van der Waals surface area contributed by atoms with Gasteiger partial charge in [0.05, 0.1) is 0 Å². The average molecular weight is 293 g/mol. The van der Waals surface area contributed by atoms with Crippen molar-refractivity contribution in [2.45, 2.75) is 37.5 Å². The molecule has 2 N–H and O–H groups in total. The van der Waals surface area contributed by atoms with Crippen LogP contribution in [0.2, 0.25) is 0 Å². The van der Waals surface area contributed by atoms with Gasteiger partial charge >= 0.3 is 5.97 Å². The van der Waals surface area contributed by atoms with Gasteiger partial charge in [0, 0.05) is 5.75 Å². The predicted octanol–water partition coefficient (Wildman–Crippen LogP) is 2.00. The fourth-order valence-corrected chi connectivity index (χ4v) is 3.43. The Labute approximate surface area is 123 Å². The summed E-state index contributed by atoms with van der Waals surface area (Å²) in [6.07, 6.45) is 4.52. The van der Waals surface area contributed by atoms with E-state index in [2.05, 4.69) is 23.5 Å². The molecular formula is C15H19NO3S. The van der Waals surface area contributed by atoms with Crippen molar-refractivity contribution >= 4 is 24.1 Å². The van der Waals surface area contributed by atoms with Crippen LogP contribution in [0.25, 0.3) is 0 Å². The minimum absolute atomic E-state index is 0.448. The number of carboxylic acid groups (broad SMARTS) is 1. The summed E-state index contributed by atoms with van der Waals surface area (Å²) in [6, 6.07) is 5.87. The Morgan fingerprint density at radius 3 is 2.95 bits per heavy atom. The summed E-state index contributed by atoms with van der Waals surface area (Å²) < 4.78 is 0. The second-order valence-corrected chi connectivity index (χ2v) is 6.08. The van der Waals surface area contributed by atoms with E-state index < -0.39 is 12.0 Å². The summed E-state index contributed by atoms with van der Waals surface area (Å²) in [7, 11) is 0. The average Bonchev–Trinajstić information content (AvgIpc) is 2.89. The Morgan fingerprint density at radius 1 is 1.40 bits per heavy atom. The third kappa shape index (κ3) is 4.00. The highest BCUT2D eigenvalue weighted by Crippen LogP contribution is 2.24. The maximum atomic E-state index is 10.9. The summed E-state index contributed by atoms with van der Waals surface area (Å²) >= 11 is 1.70. The molecule has 108 valence electrons. The minimum Gasteiger partial charge on any atom is -0.480 e. The smallest absolute Gasteiger partial charge is 0.326 e. The van der Waals surface area contributed by atoms with Crippen LogP contribution in [0.4, 0.5) is 0 Å². The maximum Gasteiger partial charge on any atom is 0.326 e. The molecule has 1 unspecified atom stereocenters. The van der Waals surface area contributed by atoms with Gasteiger partial charge in [-0.15, -0.1) is 0 Å². The van der Waals surface area contributed by atoms with Gasteiger partial charge < -0.3 is 10.4 Å². The third-order valence-corrected chi connectivity index (χ3v) is 4.61. The summed E-state index contributed by atoms with van der Waals surface area (Å²) in [4.78, 5) is 21.2. The van der Waals surface area contributed by atoms with Crippen LogP contribution in [0.1, 0.15) is 29.5 Å². The van der Waals surface area contributed by atoms with Gasteiger partial charge in [0.15, 0.2) is 0 Å². The second-order valence-electron chi connectivity index (χ2n) is 4.97. The molecule has 1 aliphatic rings. The molecule has 1 atom stereocenters. The van der Waals surface area contributed by atoms with E-state index in [0.29, 0.717) is 12.8 Å². The molecule has 0 aliphatic heterocycles. The first kappa shape index (κ1) is 14.9. The molecule has 4 nitrogen and oxygen atoms in total. The highest BCUT2D eigenvalue weighted by Gasteiger charge is 2.15. The standard InChI is InChI=1S/C15H19NO3S/c17-10-16-14(15(18)19)6-7-20-9-11-4-5-12-2-1-3-13(12)8-11/h4-5,8,10,14H,1-3,6-7,9H2,(H,16,17)(H,18,19). The molecule has 0 fully saturated rings. The lowest BCUT2D eigenvalue weighted by Crippen LogP contribution is -2.36. The lowest BCUT2D eigenvalue weighted by atomic mass is 10.1. The SMILES string of the molecule is O=CNC(CCSCc1ccc2c(c1)CCC2)C(=O)O. The van der Waals surface area contributed by atoms with Gasteiger partial charge in [0.25, 0.3) is 0 Å². The van der Waals surface area contributed by atoms with Crippen molar-refractivity contribution in [3.63, 3.8) is 0 Å². The molecule has 1 aliphatic carbocycles. The van der Waals surface area contributed by atoms with Crippen LogP contribution in [0, 0.1) is 0 Å². The van der Waals surface area contributed by atoms with Crippen molar-refractivity contribution in [1.82, 2.24) is 5.32 Å². The Morgan fingerprint density at radius 2 is 2.20 bits per heavy atom. The van der Waals surface area contributed by atoms with Gasteiger partial charge in [-0.1, -0.05) is 18.2 Å². The van der Waals surface area contributed by atoms with Crippen molar-refractivity contribution in [2.24, 2.45) is 0 Å². The van der Waals surface area contributed by atoms with E-state index in [4.69, 9.17) is 5.11 Å². The Kier molecular flexibility index (Phi) is 5.47. The zero-order valence-electron chi connectivity index (χ0n) is 11.3. The Hall–Kier alpha value is -1.49. The predicted molar refractivity (Wildman–Crippen MR) is 79.9 cm³/mol. The van der Waals surface area contributed by atoms with E-state index in [1.807, 2.05) is 0 Å². The number of rotatable bonds is 8. The zero-order valence-corrected chi connectivity index (χ0v) is 12.1. The van der Waals surface area contributed by atoms with Gasteiger partial charge in [0.1, 0.15) is 6.04 Å². The Bertz CT molecular complexity index is 490. The van der Waals surface area contributed by atoms with Gasteiger partial charge in [-0.25, -0.2) is 4.79 Å². The third-order valence-electron chi connectivity index (χ3n) is 3.55. The number of carboxylic acids is 1. The molecule has 1 aromatic rings. The van der Waals surface area contributed by atoms with Crippen LogP contribution >= 0.6 is 11.8 Å². The number of carbonyl (C=O) groups excluding carboxylic acids is 1. The first-order chi connectivity index (χ1) is 9.70. The van der Waals surface area contributed by atoms with E-state index in [-0.39, 0.29) is 0 Å². The number of aryl methyl sites for hydroxylation is 2. The molecule has 1 amide bonds. The quantitative estimate of drug-likeness (QED) is 0.568. The van der Waals surface area contributed by atoms with Crippen molar-refractivity contribution < 1.29 is 14.7 Å². The number of nitrogens with one attached hydrogen (secondary N) is 1. The largest absolute Gasteiger partial charge is 0.480 e. The van der Waals surface area contributed by atoms with Crippen LogP contribution < -0.4 is 5.32 Å². The van der Waals surface area contributed by atoms with Crippen molar-refractivity contribution in [2.75, 3.05) is 5.75 Å². The number of amides is 1. The fraction of sp³-hybridized carbons (Fsp3) is 0.467. The summed E-state index contributed by atoms with van der Waals surface area (Å²) in [5, 5.41) is 11.2. The van der Waals surface area contributed by atoms with E-state index in [9.17, 15) is 9.59 Å². The van der Waals surface area contributed by atoms with Crippen molar-refractivity contribution in [3.8, 4) is 0 Å². The van der Waals surface area contributed by atoms with Crippen molar-refractivity contribution in [3.05, 3.63) is 34.9 Å². The zero-order chi connectivity index (χ0) is 14.4. The Balaban J connectivity index is 1.75. The molecule has 0 heterocycles. The highest BCUT2D eigenvalue weighted by molar-refractivity contribution is 7.98. The second kappa shape index (κ2) is 7.33. The van der Waals surface area contributed by atoms with Crippen LogP contribution in [0.5, 0.6) is 0 Å². The van der Waals surface area contributed by atoms with Crippen LogP contribution in [-0.2, 0) is 28.2 Å². The first-order valence-corrected chi connectivity index (χ1v) is 7.97. The molecule has 0 saturated heterocycles. The monoisotopic (exact) mass is 293 g/mol. The van der Waals surface area contributed by atoms with Crippen molar-refractivity contribution in [1.29, 1.82) is 0 Å². The molecule has 5 heteroatoms.